The molecule has 12 heavy (non-hydrogen) atoms. The van der Waals surface area contributed by atoms with Crippen LogP contribution in [0, 0.1) is 5.92 Å². The van der Waals surface area contributed by atoms with Gasteiger partial charge in [0.1, 0.15) is 0 Å². The van der Waals surface area contributed by atoms with Crippen LogP contribution in [-0.4, -0.2) is 25.0 Å². The van der Waals surface area contributed by atoms with Gasteiger partial charge in [-0.15, -0.1) is 0 Å². The zero-order valence-electron chi connectivity index (χ0n) is 7.89. The first-order chi connectivity index (χ1) is 5.74. The van der Waals surface area contributed by atoms with Gasteiger partial charge in [-0.3, -0.25) is 4.79 Å². The monoisotopic (exact) mass is 170 g/mol. The molecule has 2 N–H and O–H groups in total. The molecule has 1 aliphatic rings. The van der Waals surface area contributed by atoms with Gasteiger partial charge in [-0.2, -0.15) is 0 Å². The Morgan fingerprint density at radius 2 is 2.42 bits per heavy atom. The lowest BCUT2D eigenvalue weighted by atomic mass is 9.92. The van der Waals surface area contributed by atoms with Gasteiger partial charge >= 0.3 is 0 Å². The van der Waals surface area contributed by atoms with Crippen molar-refractivity contribution >= 4 is 5.91 Å². The van der Waals surface area contributed by atoms with Crippen LogP contribution in [0.3, 0.4) is 0 Å². The SMILES string of the molecule is CCNC(=O)C1CCNC(C)C1. The van der Waals surface area contributed by atoms with Crippen molar-refractivity contribution in [3.63, 3.8) is 0 Å². The van der Waals surface area contributed by atoms with Crippen LogP contribution >= 0.6 is 0 Å². The number of carbonyl (C=O) groups is 1. The topological polar surface area (TPSA) is 41.1 Å². The van der Waals surface area contributed by atoms with Crippen molar-refractivity contribution in [1.29, 1.82) is 0 Å². The van der Waals surface area contributed by atoms with Crippen LogP contribution in [0.5, 0.6) is 0 Å². The zero-order chi connectivity index (χ0) is 8.97. The fraction of sp³-hybridized carbons (Fsp3) is 0.889. The number of hydrogen-bond donors (Lipinski definition) is 2. The third-order valence-corrected chi connectivity index (χ3v) is 2.35. The Bertz CT molecular complexity index is 159. The number of hydrogen-bond acceptors (Lipinski definition) is 2. The zero-order valence-corrected chi connectivity index (χ0v) is 7.89. The molecule has 3 heteroatoms. The van der Waals surface area contributed by atoms with Crippen LogP contribution in [0.15, 0.2) is 0 Å². The van der Waals surface area contributed by atoms with Crippen molar-refractivity contribution in [3.8, 4) is 0 Å². The standard InChI is InChI=1S/C9H18N2O/c1-3-10-9(12)8-4-5-11-7(2)6-8/h7-8,11H,3-6H2,1-2H3,(H,10,12). The molecule has 0 aromatic heterocycles. The third-order valence-electron chi connectivity index (χ3n) is 2.35. The highest BCUT2D eigenvalue weighted by molar-refractivity contribution is 5.78. The molecule has 1 aliphatic heterocycles. The summed E-state index contributed by atoms with van der Waals surface area (Å²) in [6, 6.07) is 0.492. The van der Waals surface area contributed by atoms with Gasteiger partial charge in [0.25, 0.3) is 0 Å². The van der Waals surface area contributed by atoms with Crippen molar-refractivity contribution in [3.05, 3.63) is 0 Å². The van der Waals surface area contributed by atoms with Crippen LogP contribution in [0.2, 0.25) is 0 Å². The maximum absolute atomic E-state index is 11.4. The molecule has 0 radical (unpaired) electrons. The number of piperidine rings is 1. The fourth-order valence-electron chi connectivity index (χ4n) is 1.69. The first-order valence-electron chi connectivity index (χ1n) is 4.75. The summed E-state index contributed by atoms with van der Waals surface area (Å²) in [5.41, 5.74) is 0. The third kappa shape index (κ3) is 2.48. The minimum Gasteiger partial charge on any atom is -0.356 e. The second-order valence-corrected chi connectivity index (χ2v) is 3.47. The first kappa shape index (κ1) is 9.52. The molecule has 2 atom stereocenters. The average molecular weight is 170 g/mol. The summed E-state index contributed by atoms with van der Waals surface area (Å²) < 4.78 is 0. The second-order valence-electron chi connectivity index (χ2n) is 3.47. The summed E-state index contributed by atoms with van der Waals surface area (Å²) in [4.78, 5) is 11.4. The van der Waals surface area contributed by atoms with E-state index in [1.54, 1.807) is 0 Å². The molecule has 1 amide bonds. The molecule has 1 saturated heterocycles. The van der Waals surface area contributed by atoms with Crippen LogP contribution < -0.4 is 10.6 Å². The van der Waals surface area contributed by atoms with E-state index in [-0.39, 0.29) is 11.8 Å². The number of carbonyl (C=O) groups excluding carboxylic acids is 1. The molecule has 70 valence electrons. The predicted octanol–water partition coefficient (Wildman–Crippen LogP) is 0.511. The predicted molar refractivity (Wildman–Crippen MR) is 48.9 cm³/mol. The summed E-state index contributed by atoms with van der Waals surface area (Å²) in [5.74, 6) is 0.465. The number of amides is 1. The molecule has 0 aliphatic carbocycles. The van der Waals surface area contributed by atoms with Gasteiger partial charge in [0.05, 0.1) is 0 Å². The van der Waals surface area contributed by atoms with Crippen LogP contribution in [0.25, 0.3) is 0 Å². The minimum absolute atomic E-state index is 0.228. The van der Waals surface area contributed by atoms with E-state index in [9.17, 15) is 4.79 Å². The lowest BCUT2D eigenvalue weighted by Crippen LogP contribution is -2.42. The molecule has 3 nitrogen and oxygen atoms in total. The van der Waals surface area contributed by atoms with E-state index in [1.807, 2.05) is 6.92 Å². The van der Waals surface area contributed by atoms with E-state index in [0.29, 0.717) is 6.04 Å². The first-order valence-corrected chi connectivity index (χ1v) is 4.75. The van der Waals surface area contributed by atoms with Crippen molar-refractivity contribution in [1.82, 2.24) is 10.6 Å². The molecule has 2 unspecified atom stereocenters. The van der Waals surface area contributed by atoms with Crippen molar-refractivity contribution in [2.75, 3.05) is 13.1 Å². The smallest absolute Gasteiger partial charge is 0.223 e. The summed E-state index contributed by atoms with van der Waals surface area (Å²) in [5, 5.41) is 6.20. The van der Waals surface area contributed by atoms with E-state index in [4.69, 9.17) is 0 Å². The molecule has 1 heterocycles. The van der Waals surface area contributed by atoms with E-state index in [1.165, 1.54) is 0 Å². The van der Waals surface area contributed by atoms with Gasteiger partial charge in [-0.1, -0.05) is 0 Å². The highest BCUT2D eigenvalue weighted by Gasteiger charge is 2.23. The van der Waals surface area contributed by atoms with Gasteiger partial charge < -0.3 is 10.6 Å². The van der Waals surface area contributed by atoms with Crippen molar-refractivity contribution in [2.45, 2.75) is 32.7 Å². The lowest BCUT2D eigenvalue weighted by Gasteiger charge is -2.26. The Morgan fingerprint density at radius 1 is 1.67 bits per heavy atom. The maximum Gasteiger partial charge on any atom is 0.223 e. The molecule has 0 spiro atoms. The summed E-state index contributed by atoms with van der Waals surface area (Å²) in [6.45, 7) is 5.81. The second kappa shape index (κ2) is 4.45. The Labute approximate surface area is 73.9 Å². The van der Waals surface area contributed by atoms with Crippen LogP contribution in [0.1, 0.15) is 26.7 Å². The molecule has 0 aromatic rings. The molecule has 0 saturated carbocycles. The summed E-state index contributed by atoms with van der Waals surface area (Å²) >= 11 is 0. The van der Waals surface area contributed by atoms with Gasteiger partial charge in [0, 0.05) is 18.5 Å². The molecule has 0 aromatic carbocycles. The average Bonchev–Trinajstić information content (AvgIpc) is 2.05. The minimum atomic E-state index is 0.228. The number of nitrogens with one attached hydrogen (secondary N) is 2. The van der Waals surface area contributed by atoms with Crippen LogP contribution in [-0.2, 0) is 4.79 Å². The highest BCUT2D eigenvalue weighted by Crippen LogP contribution is 2.15. The van der Waals surface area contributed by atoms with Crippen LogP contribution in [0.4, 0.5) is 0 Å². The summed E-state index contributed by atoms with van der Waals surface area (Å²) in [6.07, 6.45) is 1.96. The van der Waals surface area contributed by atoms with E-state index in [0.717, 1.165) is 25.9 Å². The Morgan fingerprint density at radius 3 is 3.00 bits per heavy atom. The normalized spacial score (nSPS) is 29.8. The van der Waals surface area contributed by atoms with Gasteiger partial charge in [0.2, 0.25) is 5.91 Å². The highest BCUT2D eigenvalue weighted by atomic mass is 16.1. The van der Waals surface area contributed by atoms with Gasteiger partial charge in [-0.05, 0) is 33.2 Å². The molecular weight excluding hydrogens is 152 g/mol. The summed E-state index contributed by atoms with van der Waals surface area (Å²) in [7, 11) is 0. The van der Waals surface area contributed by atoms with Crippen molar-refractivity contribution in [2.24, 2.45) is 5.92 Å². The van der Waals surface area contributed by atoms with Crippen molar-refractivity contribution < 1.29 is 4.79 Å². The Kier molecular flexibility index (Phi) is 3.53. The molecular formula is C9H18N2O. The fourth-order valence-corrected chi connectivity index (χ4v) is 1.69. The molecule has 1 fully saturated rings. The van der Waals surface area contributed by atoms with E-state index < -0.39 is 0 Å². The molecule has 0 bridgehead atoms. The Hall–Kier alpha value is -0.570. The van der Waals surface area contributed by atoms with Gasteiger partial charge in [-0.25, -0.2) is 0 Å². The number of rotatable bonds is 2. The Balaban J connectivity index is 2.35. The van der Waals surface area contributed by atoms with Gasteiger partial charge in [0.15, 0.2) is 0 Å². The largest absolute Gasteiger partial charge is 0.356 e. The quantitative estimate of drug-likeness (QED) is 0.634. The van der Waals surface area contributed by atoms with E-state index >= 15 is 0 Å². The lowest BCUT2D eigenvalue weighted by molar-refractivity contribution is -0.125. The van der Waals surface area contributed by atoms with E-state index in [2.05, 4.69) is 17.6 Å². The maximum atomic E-state index is 11.4. The molecule has 1 rings (SSSR count).